The molecule has 4 nitrogen and oxygen atoms in total. The third kappa shape index (κ3) is 3.09. The lowest BCUT2D eigenvalue weighted by Crippen LogP contribution is -2.11. The summed E-state index contributed by atoms with van der Waals surface area (Å²) in [5, 5.41) is 7.40. The molecule has 0 amide bonds. The highest BCUT2D eigenvalue weighted by atomic mass is 35.5. The van der Waals surface area contributed by atoms with Crippen molar-refractivity contribution in [2.75, 3.05) is 7.05 Å². The Morgan fingerprint density at radius 1 is 1.08 bits per heavy atom. The number of benzene rings is 1. The topological polar surface area (TPSA) is 34.6 Å². The SMILES string of the molecule is CN=c1scc(C)n1N=Cc1cc(C)n(-c2ccc(Cl)cc2)c1C. The maximum absolute atomic E-state index is 5.99. The van der Waals surface area contributed by atoms with E-state index in [4.69, 9.17) is 11.6 Å². The van der Waals surface area contributed by atoms with Crippen LogP contribution in [0.25, 0.3) is 5.69 Å². The lowest BCUT2D eigenvalue weighted by Gasteiger charge is -2.09. The van der Waals surface area contributed by atoms with Gasteiger partial charge >= 0.3 is 0 Å². The van der Waals surface area contributed by atoms with E-state index < -0.39 is 0 Å². The number of nitrogens with zero attached hydrogens (tertiary/aromatic N) is 4. The summed E-state index contributed by atoms with van der Waals surface area (Å²) in [7, 11) is 1.78. The van der Waals surface area contributed by atoms with Crippen molar-refractivity contribution in [3.63, 3.8) is 0 Å². The molecule has 0 spiro atoms. The molecule has 124 valence electrons. The van der Waals surface area contributed by atoms with E-state index in [0.29, 0.717) is 0 Å². The molecule has 0 N–H and O–H groups in total. The molecule has 0 saturated heterocycles. The summed E-state index contributed by atoms with van der Waals surface area (Å²) in [6.07, 6.45) is 1.89. The smallest absolute Gasteiger partial charge is 0.205 e. The third-order valence-electron chi connectivity index (χ3n) is 3.91. The highest BCUT2D eigenvalue weighted by Gasteiger charge is 2.09. The van der Waals surface area contributed by atoms with Gasteiger partial charge in [0, 0.05) is 40.1 Å². The maximum atomic E-state index is 5.99. The Morgan fingerprint density at radius 2 is 1.79 bits per heavy atom. The molecule has 24 heavy (non-hydrogen) atoms. The van der Waals surface area contributed by atoms with E-state index in [9.17, 15) is 0 Å². The normalized spacial score (nSPS) is 12.5. The Labute approximate surface area is 150 Å². The fourth-order valence-corrected chi connectivity index (χ4v) is 3.60. The van der Waals surface area contributed by atoms with Gasteiger partial charge in [0.15, 0.2) is 0 Å². The van der Waals surface area contributed by atoms with Crippen LogP contribution in [0, 0.1) is 20.8 Å². The molecule has 0 unspecified atom stereocenters. The van der Waals surface area contributed by atoms with Gasteiger partial charge in [0.1, 0.15) is 0 Å². The van der Waals surface area contributed by atoms with Crippen molar-refractivity contribution in [1.82, 2.24) is 9.24 Å². The Morgan fingerprint density at radius 3 is 2.46 bits per heavy atom. The predicted octanol–water partition coefficient (Wildman–Crippen LogP) is 4.33. The van der Waals surface area contributed by atoms with Crippen LogP contribution in [0.3, 0.4) is 0 Å². The van der Waals surface area contributed by atoms with Gasteiger partial charge < -0.3 is 4.57 Å². The minimum absolute atomic E-state index is 0.739. The van der Waals surface area contributed by atoms with Crippen molar-refractivity contribution in [1.29, 1.82) is 0 Å². The molecule has 0 atom stereocenters. The number of aromatic nitrogens is 2. The summed E-state index contributed by atoms with van der Waals surface area (Å²) >= 11 is 7.58. The van der Waals surface area contributed by atoms with Gasteiger partial charge in [0.2, 0.25) is 4.80 Å². The zero-order chi connectivity index (χ0) is 17.3. The lowest BCUT2D eigenvalue weighted by atomic mass is 10.2. The second-order valence-electron chi connectivity index (χ2n) is 5.58. The van der Waals surface area contributed by atoms with Crippen molar-refractivity contribution in [2.24, 2.45) is 10.1 Å². The lowest BCUT2D eigenvalue weighted by molar-refractivity contribution is 0.804. The zero-order valence-electron chi connectivity index (χ0n) is 14.1. The van der Waals surface area contributed by atoms with Gasteiger partial charge in [0.25, 0.3) is 0 Å². The van der Waals surface area contributed by atoms with Crippen molar-refractivity contribution in [2.45, 2.75) is 20.8 Å². The number of rotatable bonds is 3. The average molecular weight is 359 g/mol. The van der Waals surface area contributed by atoms with E-state index >= 15 is 0 Å². The summed E-state index contributed by atoms with van der Waals surface area (Å²) in [6.45, 7) is 6.22. The highest BCUT2D eigenvalue weighted by Crippen LogP contribution is 2.21. The number of thiazole rings is 1. The van der Waals surface area contributed by atoms with E-state index in [2.05, 4.69) is 40.0 Å². The van der Waals surface area contributed by atoms with Gasteiger partial charge in [-0.05, 0) is 51.1 Å². The molecule has 0 aliphatic rings. The molecule has 3 rings (SSSR count). The van der Waals surface area contributed by atoms with Crippen molar-refractivity contribution in [3.8, 4) is 5.69 Å². The molecule has 0 bridgehead atoms. The first-order valence-electron chi connectivity index (χ1n) is 7.60. The molecular weight excluding hydrogens is 340 g/mol. The molecule has 1 aromatic carbocycles. The molecular formula is C18H19ClN4S. The first kappa shape index (κ1) is 16.7. The highest BCUT2D eigenvalue weighted by molar-refractivity contribution is 7.07. The van der Waals surface area contributed by atoms with Crippen LogP contribution in [0.5, 0.6) is 0 Å². The van der Waals surface area contributed by atoms with Crippen LogP contribution in [0.2, 0.25) is 5.02 Å². The quantitative estimate of drug-likeness (QED) is 0.624. The van der Waals surface area contributed by atoms with Crippen molar-refractivity contribution < 1.29 is 0 Å². The second-order valence-corrected chi connectivity index (χ2v) is 6.85. The number of halogens is 1. The van der Waals surface area contributed by atoms with E-state index in [0.717, 1.165) is 38.2 Å². The first-order valence-corrected chi connectivity index (χ1v) is 8.86. The number of hydrogen-bond acceptors (Lipinski definition) is 3. The minimum Gasteiger partial charge on any atom is -0.318 e. The summed E-state index contributed by atoms with van der Waals surface area (Å²) < 4.78 is 4.06. The number of hydrogen-bond donors (Lipinski definition) is 0. The van der Waals surface area contributed by atoms with Gasteiger partial charge in [-0.3, -0.25) is 4.99 Å². The monoisotopic (exact) mass is 358 g/mol. The van der Waals surface area contributed by atoms with Gasteiger partial charge in [-0.15, -0.1) is 11.3 Å². The minimum atomic E-state index is 0.739. The van der Waals surface area contributed by atoms with Crippen LogP contribution in [0.4, 0.5) is 0 Å². The van der Waals surface area contributed by atoms with E-state index in [-0.39, 0.29) is 0 Å². The third-order valence-corrected chi connectivity index (χ3v) is 5.19. The van der Waals surface area contributed by atoms with Crippen LogP contribution < -0.4 is 4.80 Å². The molecule has 3 aromatic rings. The molecule has 6 heteroatoms. The van der Waals surface area contributed by atoms with E-state index in [1.165, 1.54) is 0 Å². The fraction of sp³-hybridized carbons (Fsp3) is 0.222. The summed E-state index contributed by atoms with van der Waals surface area (Å²) in [5.41, 5.74) is 5.55. The summed E-state index contributed by atoms with van der Waals surface area (Å²) in [4.78, 5) is 5.14. The molecule has 2 heterocycles. The largest absolute Gasteiger partial charge is 0.318 e. The molecule has 0 saturated carbocycles. The van der Waals surface area contributed by atoms with Crippen LogP contribution >= 0.6 is 22.9 Å². The van der Waals surface area contributed by atoms with E-state index in [1.807, 2.05) is 42.1 Å². The van der Waals surface area contributed by atoms with Gasteiger partial charge in [-0.1, -0.05) is 11.6 Å². The fourth-order valence-electron chi connectivity index (χ4n) is 2.70. The van der Waals surface area contributed by atoms with Crippen LogP contribution in [-0.2, 0) is 0 Å². The van der Waals surface area contributed by atoms with Crippen LogP contribution in [0.15, 0.2) is 45.8 Å². The Balaban J connectivity index is 2.02. The zero-order valence-corrected chi connectivity index (χ0v) is 15.7. The molecule has 0 radical (unpaired) electrons. The maximum Gasteiger partial charge on any atom is 0.205 e. The Hall–Kier alpha value is -2.11. The summed E-state index contributed by atoms with van der Waals surface area (Å²) in [6, 6.07) is 9.99. The van der Waals surface area contributed by atoms with Crippen LogP contribution in [0.1, 0.15) is 22.6 Å². The predicted molar refractivity (Wildman–Crippen MR) is 102 cm³/mol. The average Bonchev–Trinajstić information content (AvgIpc) is 3.06. The molecule has 2 aromatic heterocycles. The Bertz CT molecular complexity index is 958. The Kier molecular flexibility index (Phi) is 4.73. The standard InChI is InChI=1S/C18H19ClN4S/c1-12-9-15(10-21-23-13(2)11-24-18(23)20-4)14(3)22(12)17-7-5-16(19)6-8-17/h5-11H,1-4H3. The van der Waals surface area contributed by atoms with Gasteiger partial charge in [-0.25, -0.2) is 4.68 Å². The van der Waals surface area contributed by atoms with Gasteiger partial charge in [0.05, 0.1) is 11.9 Å². The number of aryl methyl sites for hydroxylation is 2. The van der Waals surface area contributed by atoms with Gasteiger partial charge in [-0.2, -0.15) is 5.10 Å². The molecule has 0 aliphatic carbocycles. The van der Waals surface area contributed by atoms with Crippen molar-refractivity contribution >= 4 is 29.2 Å². The van der Waals surface area contributed by atoms with Crippen molar-refractivity contribution in [3.05, 3.63) is 68.2 Å². The van der Waals surface area contributed by atoms with Crippen LogP contribution in [-0.4, -0.2) is 22.5 Å². The first-order chi connectivity index (χ1) is 11.5. The summed E-state index contributed by atoms with van der Waals surface area (Å²) in [5.74, 6) is 0. The van der Waals surface area contributed by atoms with E-state index in [1.54, 1.807) is 18.4 Å². The second kappa shape index (κ2) is 6.79. The molecule has 0 aliphatic heterocycles. The molecule has 0 fully saturated rings.